The quantitative estimate of drug-likeness (QED) is 0.140. The Balaban J connectivity index is 1.09. The van der Waals surface area contributed by atoms with Gasteiger partial charge in [-0.15, -0.1) is 0 Å². The lowest BCUT2D eigenvalue weighted by molar-refractivity contribution is 0.569. The highest BCUT2D eigenvalue weighted by molar-refractivity contribution is 6.16. The largest absolute Gasteiger partial charge is 0.307 e. The van der Waals surface area contributed by atoms with Gasteiger partial charge in [-0.3, -0.25) is 0 Å². The number of fused-ring (bicyclic) bond motifs is 7. The maximum absolute atomic E-state index is 2.59. The molecule has 1 aliphatic carbocycles. The van der Waals surface area contributed by atoms with Crippen molar-refractivity contribution in [2.24, 2.45) is 0 Å². The van der Waals surface area contributed by atoms with Crippen LogP contribution in [0.25, 0.3) is 82.8 Å². The summed E-state index contributed by atoms with van der Waals surface area (Å²) in [6.07, 6.45) is 0. The van der Waals surface area contributed by atoms with Crippen LogP contribution in [0, 0.1) is 0 Å². The van der Waals surface area contributed by atoms with Crippen LogP contribution in [0.15, 0.2) is 279 Å². The van der Waals surface area contributed by atoms with Crippen LogP contribution >= 0.6 is 0 Å². The molecule has 0 aliphatic heterocycles. The molecule has 0 radical (unpaired) electrons. The summed E-state index contributed by atoms with van der Waals surface area (Å²) in [6, 6.07) is 104. The van der Waals surface area contributed by atoms with Crippen molar-refractivity contribution in [3.05, 3.63) is 312 Å². The second-order valence-corrected chi connectivity index (χ2v) is 24.0. The van der Waals surface area contributed by atoms with Gasteiger partial charge in [0.25, 0.3) is 0 Å². The summed E-state index contributed by atoms with van der Waals surface area (Å²) >= 11 is 0. The third kappa shape index (κ3) is 8.07. The van der Waals surface area contributed by atoms with E-state index in [1.54, 1.807) is 0 Å². The fourth-order valence-corrected chi connectivity index (χ4v) is 13.4. The van der Waals surface area contributed by atoms with Gasteiger partial charge >= 0.3 is 0 Å². The molecule has 1 heterocycles. The van der Waals surface area contributed by atoms with Crippen LogP contribution in [0.5, 0.6) is 0 Å². The van der Waals surface area contributed by atoms with Crippen molar-refractivity contribution in [2.45, 2.75) is 57.8 Å². The third-order valence-electron chi connectivity index (χ3n) is 17.2. The van der Waals surface area contributed by atoms with Crippen molar-refractivity contribution in [1.82, 2.24) is 4.57 Å². The lowest BCUT2D eigenvalue weighted by Crippen LogP contribution is -2.28. The van der Waals surface area contributed by atoms with E-state index in [0.29, 0.717) is 0 Å². The number of hydrogen-bond donors (Lipinski definition) is 0. The smallest absolute Gasteiger partial charge is 0.0782 e. The fraction of sp³-hybridized carbons (Fsp3) is 0.114. The van der Waals surface area contributed by atoms with Gasteiger partial charge in [0.15, 0.2) is 0 Å². The molecule has 0 N–H and O–H groups in total. The number of hydrogen-bond acceptors (Lipinski definition) is 1. The average Bonchev–Trinajstić information content (AvgIpc) is 4.16. The Morgan fingerprint density at radius 3 is 1.44 bits per heavy atom. The van der Waals surface area contributed by atoms with Crippen LogP contribution < -0.4 is 4.90 Å². The van der Waals surface area contributed by atoms with Crippen LogP contribution in [0.3, 0.4) is 0 Å². The monoisotopic (exact) mass is 1040 g/mol. The zero-order chi connectivity index (χ0) is 55.0. The molecule has 0 saturated carbocycles. The first-order chi connectivity index (χ1) is 39.5. The number of para-hydroxylation sites is 5. The molecule has 13 aromatic rings. The van der Waals surface area contributed by atoms with E-state index in [-0.39, 0.29) is 10.8 Å². The van der Waals surface area contributed by atoms with E-state index in [2.05, 4.69) is 330 Å². The molecule has 14 rings (SSSR count). The van der Waals surface area contributed by atoms with Crippen LogP contribution in [0.1, 0.15) is 74.9 Å². The van der Waals surface area contributed by atoms with Crippen molar-refractivity contribution in [3.63, 3.8) is 0 Å². The lowest BCUT2D eigenvalue weighted by Gasteiger charge is -2.34. The number of nitrogens with zero attached hydrogens (tertiary/aromatic N) is 2. The fourth-order valence-electron chi connectivity index (χ4n) is 13.4. The Bertz CT molecular complexity index is 4450. The minimum Gasteiger partial charge on any atom is -0.307 e. The summed E-state index contributed by atoms with van der Waals surface area (Å²) in [7, 11) is 0. The first kappa shape index (κ1) is 49.8. The SMILES string of the molecule is CC(C)(C)c1cc(-c2cccc3cccc(-c4ccccc4N(c4ccccc4-c4cccc5c4-c4ccccc4C5(c4ccccc4)c4ccccc4)c4cccc5c6ccccc6n(-c6ccccc6)c45)c23)cc(C(C)(C)C)c1. The number of anilines is 3. The summed E-state index contributed by atoms with van der Waals surface area (Å²) in [4.78, 5) is 2.59. The van der Waals surface area contributed by atoms with E-state index in [0.717, 1.165) is 44.9 Å². The van der Waals surface area contributed by atoms with E-state index in [9.17, 15) is 0 Å². The predicted octanol–water partition coefficient (Wildman–Crippen LogP) is 21.4. The summed E-state index contributed by atoms with van der Waals surface area (Å²) in [5, 5.41) is 4.84. The molecule has 0 spiro atoms. The van der Waals surface area contributed by atoms with Gasteiger partial charge in [-0.1, -0.05) is 284 Å². The van der Waals surface area contributed by atoms with Crippen LogP contribution in [0.4, 0.5) is 17.1 Å². The van der Waals surface area contributed by atoms with Crippen molar-refractivity contribution < 1.29 is 0 Å². The predicted molar refractivity (Wildman–Crippen MR) is 344 cm³/mol. The molecule has 0 fully saturated rings. The van der Waals surface area contributed by atoms with E-state index >= 15 is 0 Å². The Labute approximate surface area is 476 Å². The van der Waals surface area contributed by atoms with Gasteiger partial charge in [-0.25, -0.2) is 0 Å². The average molecular weight is 1040 g/mol. The van der Waals surface area contributed by atoms with E-state index in [1.165, 1.54) is 88.3 Å². The maximum Gasteiger partial charge on any atom is 0.0782 e. The zero-order valence-corrected chi connectivity index (χ0v) is 47.0. The summed E-state index contributed by atoms with van der Waals surface area (Å²) in [5.41, 5.74) is 23.4. The highest BCUT2D eigenvalue weighted by atomic mass is 15.2. The van der Waals surface area contributed by atoms with E-state index in [4.69, 9.17) is 0 Å². The molecular formula is C79H64N2. The first-order valence-corrected chi connectivity index (χ1v) is 28.6. The Morgan fingerprint density at radius 1 is 0.346 bits per heavy atom. The number of rotatable bonds is 9. The molecule has 0 unspecified atom stereocenters. The van der Waals surface area contributed by atoms with Gasteiger partial charge in [0.05, 0.1) is 33.5 Å². The molecule has 0 amide bonds. The molecule has 81 heavy (non-hydrogen) atoms. The second kappa shape index (κ2) is 19.4. The topological polar surface area (TPSA) is 8.17 Å². The number of benzene rings is 12. The minimum absolute atomic E-state index is 0.0430. The molecular weight excluding hydrogens is 977 g/mol. The maximum atomic E-state index is 2.59. The summed E-state index contributed by atoms with van der Waals surface area (Å²) < 4.78 is 2.48. The molecule has 0 bridgehead atoms. The Kier molecular flexibility index (Phi) is 11.9. The van der Waals surface area contributed by atoms with Crippen molar-refractivity contribution in [3.8, 4) is 50.2 Å². The highest BCUT2D eigenvalue weighted by Crippen LogP contribution is 2.60. The Morgan fingerprint density at radius 2 is 0.802 bits per heavy atom. The third-order valence-corrected chi connectivity index (χ3v) is 17.2. The van der Waals surface area contributed by atoms with E-state index in [1.807, 2.05) is 0 Å². The molecule has 2 nitrogen and oxygen atoms in total. The summed E-state index contributed by atoms with van der Waals surface area (Å²) in [6.45, 7) is 14.0. The van der Waals surface area contributed by atoms with Gasteiger partial charge in [-0.2, -0.15) is 0 Å². The molecule has 0 atom stereocenters. The minimum atomic E-state index is -0.556. The van der Waals surface area contributed by atoms with Gasteiger partial charge in [0.1, 0.15) is 0 Å². The number of aromatic nitrogens is 1. The second-order valence-electron chi connectivity index (χ2n) is 24.0. The van der Waals surface area contributed by atoms with Crippen LogP contribution in [-0.4, -0.2) is 4.57 Å². The molecule has 1 aliphatic rings. The zero-order valence-electron chi connectivity index (χ0n) is 47.0. The highest BCUT2D eigenvalue weighted by Gasteiger charge is 2.47. The lowest BCUT2D eigenvalue weighted by atomic mass is 9.67. The van der Waals surface area contributed by atoms with E-state index < -0.39 is 5.41 Å². The van der Waals surface area contributed by atoms with Gasteiger partial charge in [0, 0.05) is 27.6 Å². The Hall–Kier alpha value is -9.50. The standard InChI is InChI=1S/C79H64N2/c1-77(2,3)57-50-54(51-58(52-57)78(4,5)6)60-40-24-28-53-29-25-41-64(74(53)60)61-36-17-22-47-71(61)81(73-49-27-43-66-63-38-19-21-46-70(63)80(76(66)73)59-34-14-9-15-35-59)72-48-23-18-37-62(72)65-42-26-45-69-75(65)67-39-16-20-44-68(67)79(69,55-30-10-7-11-31-55)56-32-12-8-13-33-56/h7-52H,1-6H3. The molecule has 2 heteroatoms. The van der Waals surface area contributed by atoms with Gasteiger partial charge in [-0.05, 0) is 125 Å². The van der Waals surface area contributed by atoms with Gasteiger partial charge < -0.3 is 9.47 Å². The van der Waals surface area contributed by atoms with Crippen molar-refractivity contribution in [1.29, 1.82) is 0 Å². The normalized spacial score (nSPS) is 12.9. The van der Waals surface area contributed by atoms with Crippen LogP contribution in [-0.2, 0) is 16.2 Å². The molecule has 12 aromatic carbocycles. The van der Waals surface area contributed by atoms with Crippen LogP contribution in [0.2, 0.25) is 0 Å². The molecule has 0 saturated heterocycles. The molecule has 1 aromatic heterocycles. The van der Waals surface area contributed by atoms with Crippen molar-refractivity contribution in [2.75, 3.05) is 4.90 Å². The van der Waals surface area contributed by atoms with Gasteiger partial charge in [0.2, 0.25) is 0 Å². The first-order valence-electron chi connectivity index (χ1n) is 28.6. The summed E-state index contributed by atoms with van der Waals surface area (Å²) in [5.74, 6) is 0. The molecule has 390 valence electrons. The van der Waals surface area contributed by atoms with Crippen molar-refractivity contribution >= 4 is 49.6 Å².